The van der Waals surface area contributed by atoms with Gasteiger partial charge in [0.25, 0.3) is 0 Å². The Morgan fingerprint density at radius 1 is 1.17 bits per heavy atom. The normalized spacial score (nSPS) is 24.6. The maximum absolute atomic E-state index is 6.07. The average molecular weight is 312 g/mol. The lowest BCUT2D eigenvalue weighted by molar-refractivity contribution is 0.104. The number of hydrogen-bond acceptors (Lipinski definition) is 4. The number of nitrogens with zero attached hydrogens (tertiary/aromatic N) is 3. The molecule has 1 unspecified atom stereocenters. The summed E-state index contributed by atoms with van der Waals surface area (Å²) in [5, 5.41) is 8.50. The molecule has 0 saturated heterocycles. The van der Waals surface area contributed by atoms with E-state index in [0.29, 0.717) is 18.6 Å². The highest BCUT2D eigenvalue weighted by molar-refractivity contribution is 5.18. The number of ether oxygens (including phenoxy) is 1. The Balaban J connectivity index is 1.31. The molecule has 5 heteroatoms. The van der Waals surface area contributed by atoms with Crippen LogP contribution in [0, 0.1) is 10.8 Å². The highest BCUT2D eigenvalue weighted by Gasteiger charge is 2.68. The number of benzene rings is 1. The van der Waals surface area contributed by atoms with Gasteiger partial charge in [0, 0.05) is 12.0 Å². The van der Waals surface area contributed by atoms with Crippen LogP contribution < -0.4 is 5.73 Å². The minimum Gasteiger partial charge on any atom is -0.370 e. The molecule has 1 aromatic heterocycles. The zero-order valence-corrected chi connectivity index (χ0v) is 13.4. The molecule has 0 aliphatic heterocycles. The summed E-state index contributed by atoms with van der Waals surface area (Å²) in [5.74, 6) is 0. The average Bonchev–Trinajstić information content (AvgIpc) is 3.04. The van der Waals surface area contributed by atoms with Gasteiger partial charge in [-0.3, -0.25) is 4.68 Å². The first-order valence-corrected chi connectivity index (χ1v) is 8.46. The van der Waals surface area contributed by atoms with Gasteiger partial charge < -0.3 is 10.5 Å². The number of rotatable bonds is 7. The third kappa shape index (κ3) is 2.68. The van der Waals surface area contributed by atoms with Crippen LogP contribution in [0.3, 0.4) is 0 Å². The molecule has 2 aliphatic carbocycles. The van der Waals surface area contributed by atoms with Gasteiger partial charge in [-0.05, 0) is 30.2 Å². The lowest BCUT2D eigenvalue weighted by atomic mass is 9.75. The van der Waals surface area contributed by atoms with Crippen LogP contribution in [0.5, 0.6) is 0 Å². The van der Waals surface area contributed by atoms with Crippen LogP contribution in [-0.2, 0) is 24.5 Å². The standard InChI is InChI=1S/C18H24N4O/c19-13-18(12-17(18)7-4-8-17)14-22-9-16(20-21-22)11-23-10-15-5-2-1-3-6-15/h1-3,5-6,9H,4,7-8,10-14,19H2. The highest BCUT2D eigenvalue weighted by atomic mass is 16.5. The Labute approximate surface area is 136 Å². The summed E-state index contributed by atoms with van der Waals surface area (Å²) in [6.07, 6.45) is 7.30. The van der Waals surface area contributed by atoms with E-state index in [1.807, 2.05) is 29.1 Å². The molecule has 2 aromatic rings. The van der Waals surface area contributed by atoms with Crippen molar-refractivity contribution in [1.29, 1.82) is 0 Å². The molecule has 2 N–H and O–H groups in total. The first kappa shape index (κ1) is 14.8. The molecule has 1 atom stereocenters. The minimum atomic E-state index is 0.265. The first-order valence-electron chi connectivity index (χ1n) is 8.46. The van der Waals surface area contributed by atoms with Gasteiger partial charge in [-0.15, -0.1) is 5.10 Å². The van der Waals surface area contributed by atoms with Crippen molar-refractivity contribution < 1.29 is 4.74 Å². The van der Waals surface area contributed by atoms with Crippen molar-refractivity contribution in [2.45, 2.75) is 45.4 Å². The van der Waals surface area contributed by atoms with Crippen LogP contribution in [-0.4, -0.2) is 21.5 Å². The zero-order valence-electron chi connectivity index (χ0n) is 13.4. The summed E-state index contributed by atoms with van der Waals surface area (Å²) < 4.78 is 7.68. The second-order valence-corrected chi connectivity index (χ2v) is 7.18. The van der Waals surface area contributed by atoms with Crippen LogP contribution in [0.15, 0.2) is 36.5 Å². The van der Waals surface area contributed by atoms with Crippen LogP contribution in [0.2, 0.25) is 0 Å². The van der Waals surface area contributed by atoms with Crippen molar-refractivity contribution in [3.05, 3.63) is 47.8 Å². The monoisotopic (exact) mass is 312 g/mol. The molecule has 0 bridgehead atoms. The highest BCUT2D eigenvalue weighted by Crippen LogP contribution is 2.74. The molecular formula is C18H24N4O. The van der Waals surface area contributed by atoms with E-state index >= 15 is 0 Å². The summed E-state index contributed by atoms with van der Waals surface area (Å²) in [6, 6.07) is 10.2. The predicted molar refractivity (Wildman–Crippen MR) is 87.3 cm³/mol. The molecule has 122 valence electrons. The second-order valence-electron chi connectivity index (χ2n) is 7.18. The number of hydrogen-bond donors (Lipinski definition) is 1. The molecule has 1 aromatic carbocycles. The third-order valence-corrected chi connectivity index (χ3v) is 5.79. The maximum atomic E-state index is 6.07. The van der Waals surface area contributed by atoms with E-state index in [1.54, 1.807) is 0 Å². The van der Waals surface area contributed by atoms with Crippen molar-refractivity contribution in [2.75, 3.05) is 6.54 Å². The minimum absolute atomic E-state index is 0.265. The summed E-state index contributed by atoms with van der Waals surface area (Å²) in [5.41, 5.74) is 8.92. The van der Waals surface area contributed by atoms with Crippen LogP contribution in [0.4, 0.5) is 0 Å². The molecule has 2 saturated carbocycles. The number of aromatic nitrogens is 3. The largest absolute Gasteiger partial charge is 0.370 e. The number of nitrogens with two attached hydrogens (primary N) is 1. The van der Waals surface area contributed by atoms with Gasteiger partial charge in [-0.1, -0.05) is 42.0 Å². The van der Waals surface area contributed by atoms with Crippen molar-refractivity contribution in [1.82, 2.24) is 15.0 Å². The lowest BCUT2D eigenvalue weighted by Gasteiger charge is -2.32. The fourth-order valence-corrected chi connectivity index (χ4v) is 4.13. The molecule has 0 amide bonds. The van der Waals surface area contributed by atoms with Crippen LogP contribution in [0.1, 0.15) is 36.9 Å². The van der Waals surface area contributed by atoms with E-state index in [2.05, 4.69) is 22.4 Å². The van der Waals surface area contributed by atoms with E-state index in [0.717, 1.165) is 18.8 Å². The predicted octanol–water partition coefficient (Wildman–Crippen LogP) is 2.51. The van der Waals surface area contributed by atoms with E-state index in [9.17, 15) is 0 Å². The smallest absolute Gasteiger partial charge is 0.108 e. The van der Waals surface area contributed by atoms with Gasteiger partial charge in [0.1, 0.15) is 5.69 Å². The summed E-state index contributed by atoms with van der Waals surface area (Å²) in [6.45, 7) is 2.75. The van der Waals surface area contributed by atoms with Gasteiger partial charge in [0.15, 0.2) is 0 Å². The Bertz CT molecular complexity index is 665. The maximum Gasteiger partial charge on any atom is 0.108 e. The van der Waals surface area contributed by atoms with Crippen LogP contribution in [0.25, 0.3) is 0 Å². The lowest BCUT2D eigenvalue weighted by Crippen LogP contribution is -2.32. The molecule has 0 radical (unpaired) electrons. The summed E-state index contributed by atoms with van der Waals surface area (Å²) >= 11 is 0. The molecular weight excluding hydrogens is 288 g/mol. The molecule has 2 aliphatic rings. The zero-order chi connectivity index (χ0) is 15.8. The molecule has 23 heavy (non-hydrogen) atoms. The molecule has 4 rings (SSSR count). The van der Waals surface area contributed by atoms with E-state index in [1.165, 1.54) is 31.2 Å². The van der Waals surface area contributed by atoms with Crippen molar-refractivity contribution in [3.63, 3.8) is 0 Å². The molecule has 2 fully saturated rings. The van der Waals surface area contributed by atoms with E-state index in [-0.39, 0.29) is 5.41 Å². The van der Waals surface area contributed by atoms with E-state index < -0.39 is 0 Å². The Kier molecular flexibility index (Phi) is 3.70. The summed E-state index contributed by atoms with van der Waals surface area (Å²) in [7, 11) is 0. The first-order chi connectivity index (χ1) is 11.3. The molecule has 1 spiro atoms. The topological polar surface area (TPSA) is 66.0 Å². The fourth-order valence-electron chi connectivity index (χ4n) is 4.13. The summed E-state index contributed by atoms with van der Waals surface area (Å²) in [4.78, 5) is 0. The fraction of sp³-hybridized carbons (Fsp3) is 0.556. The Morgan fingerprint density at radius 3 is 2.65 bits per heavy atom. The van der Waals surface area contributed by atoms with Crippen LogP contribution >= 0.6 is 0 Å². The SMILES string of the molecule is NCC1(Cn2cc(COCc3ccccc3)nn2)CC12CCC2. The third-order valence-electron chi connectivity index (χ3n) is 5.79. The quantitative estimate of drug-likeness (QED) is 0.853. The van der Waals surface area contributed by atoms with Crippen molar-refractivity contribution in [3.8, 4) is 0 Å². The Hall–Kier alpha value is -1.72. The van der Waals surface area contributed by atoms with Gasteiger partial charge in [-0.25, -0.2) is 0 Å². The van der Waals surface area contributed by atoms with Gasteiger partial charge >= 0.3 is 0 Å². The van der Waals surface area contributed by atoms with E-state index in [4.69, 9.17) is 10.5 Å². The van der Waals surface area contributed by atoms with Gasteiger partial charge in [0.05, 0.1) is 26.0 Å². The molecule has 5 nitrogen and oxygen atoms in total. The van der Waals surface area contributed by atoms with Gasteiger partial charge in [-0.2, -0.15) is 0 Å². The second kappa shape index (κ2) is 5.73. The van der Waals surface area contributed by atoms with Gasteiger partial charge in [0.2, 0.25) is 0 Å². The van der Waals surface area contributed by atoms with Crippen molar-refractivity contribution in [2.24, 2.45) is 16.6 Å². The van der Waals surface area contributed by atoms with Crippen molar-refractivity contribution >= 4 is 0 Å². The Morgan fingerprint density at radius 2 is 2.00 bits per heavy atom. The molecule has 1 heterocycles.